The molecule has 2 N–H and O–H groups in total. The molecule has 0 aliphatic heterocycles. The van der Waals surface area contributed by atoms with E-state index in [1.165, 1.54) is 18.0 Å². The summed E-state index contributed by atoms with van der Waals surface area (Å²) in [4.78, 5) is 19.8. The van der Waals surface area contributed by atoms with Gasteiger partial charge in [0.05, 0.1) is 39.7 Å². The highest BCUT2D eigenvalue weighted by Gasteiger charge is 2.13. The van der Waals surface area contributed by atoms with Crippen molar-refractivity contribution in [2.75, 3.05) is 12.4 Å². The summed E-state index contributed by atoms with van der Waals surface area (Å²) < 4.78 is 11.6. The van der Waals surface area contributed by atoms with Crippen molar-refractivity contribution in [3.8, 4) is 11.5 Å². The molecule has 0 atom stereocenters. The Labute approximate surface area is 227 Å². The zero-order chi connectivity index (χ0) is 25.5. The van der Waals surface area contributed by atoms with Gasteiger partial charge >= 0.3 is 0 Å². The molecular formula is C25H21Cl3N4O3S. The van der Waals surface area contributed by atoms with Crippen molar-refractivity contribution in [3.05, 3.63) is 80.8 Å². The molecule has 0 saturated heterocycles. The number of halogens is 3. The number of thioether (sulfide) groups is 1. The molecule has 1 heterocycles. The summed E-state index contributed by atoms with van der Waals surface area (Å²) in [6, 6.07) is 16.3. The second-order valence-electron chi connectivity index (χ2n) is 7.39. The number of imidazole rings is 1. The van der Waals surface area contributed by atoms with E-state index in [0.717, 1.165) is 16.6 Å². The summed E-state index contributed by atoms with van der Waals surface area (Å²) in [6.07, 6.45) is 1.53. The van der Waals surface area contributed by atoms with Gasteiger partial charge in [-0.2, -0.15) is 5.10 Å². The van der Waals surface area contributed by atoms with Crippen LogP contribution in [0.2, 0.25) is 15.1 Å². The topological polar surface area (TPSA) is 88.6 Å². The molecule has 4 aromatic rings. The van der Waals surface area contributed by atoms with Crippen LogP contribution < -0.4 is 14.9 Å². The van der Waals surface area contributed by atoms with Crippen molar-refractivity contribution in [2.45, 2.75) is 18.7 Å². The number of fused-ring (bicyclic) bond motifs is 1. The minimum absolute atomic E-state index is 0.116. The molecule has 1 amide bonds. The standard InChI is InChI=1S/C25H21Cl3N4O3S/c1-2-34-22-11-15(7-10-21(22)35-13-16-17(26)8-9-18(27)24(16)28)12-29-32-23(33)14-36-25-30-19-5-3-4-6-20(19)31-25/h3-12H,2,13-14H2,1H3,(H,30,31)(H,32,33)/b29-12+. The van der Waals surface area contributed by atoms with Gasteiger partial charge in [0, 0.05) is 10.6 Å². The van der Waals surface area contributed by atoms with Crippen molar-refractivity contribution >= 4 is 69.7 Å². The van der Waals surface area contributed by atoms with Crippen LogP contribution in [0.4, 0.5) is 0 Å². The van der Waals surface area contributed by atoms with Crippen molar-refractivity contribution in [3.63, 3.8) is 0 Å². The maximum atomic E-state index is 12.2. The van der Waals surface area contributed by atoms with Crippen LogP contribution in [0.1, 0.15) is 18.1 Å². The predicted molar refractivity (Wildman–Crippen MR) is 146 cm³/mol. The molecule has 0 unspecified atom stereocenters. The molecule has 4 rings (SSSR count). The summed E-state index contributed by atoms with van der Waals surface area (Å²) in [6.45, 7) is 2.42. The minimum atomic E-state index is -0.253. The Bertz CT molecular complexity index is 1380. The molecule has 0 radical (unpaired) electrons. The van der Waals surface area contributed by atoms with Gasteiger partial charge in [-0.3, -0.25) is 4.79 Å². The van der Waals surface area contributed by atoms with E-state index >= 15 is 0 Å². The van der Waals surface area contributed by atoms with Crippen molar-refractivity contribution in [2.24, 2.45) is 5.10 Å². The van der Waals surface area contributed by atoms with Crippen LogP contribution in [0, 0.1) is 0 Å². The lowest BCUT2D eigenvalue weighted by atomic mass is 10.2. The summed E-state index contributed by atoms with van der Waals surface area (Å²) in [5, 5.41) is 5.92. The van der Waals surface area contributed by atoms with Crippen LogP contribution in [0.25, 0.3) is 11.0 Å². The van der Waals surface area contributed by atoms with E-state index in [4.69, 9.17) is 44.3 Å². The third-order valence-electron chi connectivity index (χ3n) is 4.89. The van der Waals surface area contributed by atoms with Gasteiger partial charge in [0.15, 0.2) is 16.7 Å². The fraction of sp³-hybridized carbons (Fsp3) is 0.160. The SMILES string of the molecule is CCOc1cc(/C=N/NC(=O)CSc2nc3ccccc3[nH]2)ccc1OCc1c(Cl)ccc(Cl)c1Cl. The molecule has 1 aromatic heterocycles. The number of aromatic nitrogens is 2. The maximum absolute atomic E-state index is 12.2. The minimum Gasteiger partial charge on any atom is -0.490 e. The summed E-state index contributed by atoms with van der Waals surface area (Å²) in [7, 11) is 0. The van der Waals surface area contributed by atoms with Gasteiger partial charge in [-0.05, 0) is 55.0 Å². The van der Waals surface area contributed by atoms with Crippen LogP contribution in [-0.2, 0) is 11.4 Å². The molecule has 11 heteroatoms. The normalized spacial score (nSPS) is 11.2. The molecule has 3 aromatic carbocycles. The lowest BCUT2D eigenvalue weighted by molar-refractivity contribution is -0.118. The molecule has 0 fully saturated rings. The van der Waals surface area contributed by atoms with E-state index in [2.05, 4.69) is 20.5 Å². The van der Waals surface area contributed by atoms with Crippen LogP contribution in [-0.4, -0.2) is 34.4 Å². The third kappa shape index (κ3) is 6.64. The van der Waals surface area contributed by atoms with Gasteiger partial charge in [0.2, 0.25) is 0 Å². The molecule has 0 saturated carbocycles. The van der Waals surface area contributed by atoms with E-state index in [1.54, 1.807) is 30.3 Å². The predicted octanol–water partition coefficient (Wildman–Crippen LogP) is 6.74. The molecule has 0 bridgehead atoms. The van der Waals surface area contributed by atoms with Gasteiger partial charge in [0.1, 0.15) is 6.61 Å². The second kappa shape index (κ2) is 12.4. The third-order valence-corrected chi connectivity index (χ3v) is 6.96. The highest BCUT2D eigenvalue weighted by atomic mass is 35.5. The van der Waals surface area contributed by atoms with Crippen LogP contribution in [0.3, 0.4) is 0 Å². The number of carbonyl (C=O) groups is 1. The van der Waals surface area contributed by atoms with E-state index in [1.807, 2.05) is 31.2 Å². The van der Waals surface area contributed by atoms with E-state index in [-0.39, 0.29) is 18.3 Å². The molecule has 36 heavy (non-hydrogen) atoms. The Kier molecular flexibility index (Phi) is 8.98. The number of benzene rings is 3. The smallest absolute Gasteiger partial charge is 0.250 e. The lowest BCUT2D eigenvalue weighted by Crippen LogP contribution is -2.19. The van der Waals surface area contributed by atoms with E-state index < -0.39 is 0 Å². The fourth-order valence-corrected chi connectivity index (χ4v) is 4.52. The number of rotatable bonds is 10. The average Bonchev–Trinajstić information content (AvgIpc) is 3.29. The summed E-state index contributed by atoms with van der Waals surface area (Å²) >= 11 is 19.9. The van der Waals surface area contributed by atoms with Crippen molar-refractivity contribution in [1.82, 2.24) is 15.4 Å². The number of ether oxygens (including phenoxy) is 2. The first kappa shape index (κ1) is 26.2. The highest BCUT2D eigenvalue weighted by Crippen LogP contribution is 2.34. The zero-order valence-electron chi connectivity index (χ0n) is 19.1. The Balaban J connectivity index is 1.34. The number of amides is 1. The second-order valence-corrected chi connectivity index (χ2v) is 9.55. The lowest BCUT2D eigenvalue weighted by Gasteiger charge is -2.14. The average molecular weight is 564 g/mol. The highest BCUT2D eigenvalue weighted by molar-refractivity contribution is 7.99. The number of carbonyl (C=O) groups excluding carboxylic acids is 1. The molecule has 0 spiro atoms. The first-order valence-electron chi connectivity index (χ1n) is 10.9. The molecule has 0 aliphatic carbocycles. The van der Waals surface area contributed by atoms with Crippen LogP contribution in [0.5, 0.6) is 11.5 Å². The molecule has 0 aliphatic rings. The Morgan fingerprint density at radius 3 is 2.69 bits per heavy atom. The molecule has 7 nitrogen and oxygen atoms in total. The van der Waals surface area contributed by atoms with Gasteiger partial charge in [0.25, 0.3) is 5.91 Å². The largest absolute Gasteiger partial charge is 0.490 e. The first-order valence-corrected chi connectivity index (χ1v) is 13.0. The number of hydrogen-bond acceptors (Lipinski definition) is 6. The number of para-hydroxylation sites is 2. The number of H-pyrrole nitrogens is 1. The van der Waals surface area contributed by atoms with Gasteiger partial charge in [-0.25, -0.2) is 10.4 Å². The van der Waals surface area contributed by atoms with E-state index in [0.29, 0.717) is 43.9 Å². The van der Waals surface area contributed by atoms with Gasteiger partial charge in [-0.15, -0.1) is 0 Å². The van der Waals surface area contributed by atoms with Crippen LogP contribution in [0.15, 0.2) is 64.9 Å². The summed E-state index contributed by atoms with van der Waals surface area (Å²) in [5.74, 6) is 0.940. The first-order chi connectivity index (χ1) is 17.4. The number of aromatic amines is 1. The monoisotopic (exact) mass is 562 g/mol. The van der Waals surface area contributed by atoms with Gasteiger partial charge in [-0.1, -0.05) is 58.7 Å². The molecular weight excluding hydrogens is 543 g/mol. The van der Waals surface area contributed by atoms with Crippen LogP contribution >= 0.6 is 46.6 Å². The van der Waals surface area contributed by atoms with Crippen molar-refractivity contribution < 1.29 is 14.3 Å². The Morgan fingerprint density at radius 2 is 1.89 bits per heavy atom. The fourth-order valence-electron chi connectivity index (χ4n) is 3.19. The Hall–Kier alpha value is -2.91. The maximum Gasteiger partial charge on any atom is 0.250 e. The number of hydrazone groups is 1. The van der Waals surface area contributed by atoms with E-state index in [9.17, 15) is 4.79 Å². The Morgan fingerprint density at radius 1 is 1.08 bits per heavy atom. The zero-order valence-corrected chi connectivity index (χ0v) is 22.1. The summed E-state index contributed by atoms with van der Waals surface area (Å²) in [5.41, 5.74) is 5.60. The number of nitrogens with zero attached hydrogens (tertiary/aromatic N) is 2. The van der Waals surface area contributed by atoms with Crippen molar-refractivity contribution in [1.29, 1.82) is 0 Å². The molecule has 186 valence electrons. The number of nitrogens with one attached hydrogen (secondary N) is 2. The quantitative estimate of drug-likeness (QED) is 0.0965. The number of hydrogen-bond donors (Lipinski definition) is 2. The van der Waals surface area contributed by atoms with Gasteiger partial charge < -0.3 is 14.5 Å².